The van der Waals surface area contributed by atoms with Crippen LogP contribution in [0.25, 0.3) is 0 Å². The normalized spacial score (nSPS) is 10.1. The Balaban J connectivity index is 1.92. The number of aromatic carboxylic acids is 1. The highest BCUT2D eigenvalue weighted by molar-refractivity contribution is 5.94. The zero-order valence-corrected chi connectivity index (χ0v) is 10.00. The monoisotopic (exact) mass is 260 g/mol. The Morgan fingerprint density at radius 1 is 1.21 bits per heavy atom. The first-order chi connectivity index (χ1) is 9.16. The number of carbonyl (C=O) groups is 2. The van der Waals surface area contributed by atoms with Crippen LogP contribution >= 0.6 is 0 Å². The average Bonchev–Trinajstić information content (AvgIpc) is 2.92. The smallest absolute Gasteiger partial charge is 0.354 e. The topological polar surface area (TPSA) is 92.4 Å². The molecule has 2 aromatic heterocycles. The van der Waals surface area contributed by atoms with Crippen LogP contribution in [-0.4, -0.2) is 28.5 Å². The first-order valence-corrected chi connectivity index (χ1v) is 5.68. The maximum Gasteiger partial charge on any atom is 0.354 e. The van der Waals surface area contributed by atoms with Crippen molar-refractivity contribution in [3.8, 4) is 0 Å². The van der Waals surface area contributed by atoms with Gasteiger partial charge in [0.05, 0.1) is 6.26 Å². The standard InChI is InChI=1S/C13H12N2O4/c16-12(14-7-6-9-3-2-8-19-9)10-4-1-5-11(15-10)13(17)18/h1-5,8H,6-7H2,(H,14,16)(H,17,18). The summed E-state index contributed by atoms with van der Waals surface area (Å²) < 4.78 is 5.13. The van der Waals surface area contributed by atoms with Gasteiger partial charge in [-0.3, -0.25) is 4.79 Å². The summed E-state index contributed by atoms with van der Waals surface area (Å²) in [6.45, 7) is 0.394. The van der Waals surface area contributed by atoms with Gasteiger partial charge in [0, 0.05) is 13.0 Å². The Hall–Kier alpha value is -2.63. The van der Waals surface area contributed by atoms with Crippen molar-refractivity contribution in [1.29, 1.82) is 0 Å². The van der Waals surface area contributed by atoms with E-state index in [4.69, 9.17) is 9.52 Å². The first kappa shape index (κ1) is 12.8. The van der Waals surface area contributed by atoms with E-state index in [0.717, 1.165) is 5.76 Å². The van der Waals surface area contributed by atoms with E-state index in [9.17, 15) is 9.59 Å². The third-order valence-electron chi connectivity index (χ3n) is 2.44. The summed E-state index contributed by atoms with van der Waals surface area (Å²) in [5.41, 5.74) is -0.0713. The first-order valence-electron chi connectivity index (χ1n) is 5.68. The van der Waals surface area contributed by atoms with E-state index < -0.39 is 11.9 Å². The van der Waals surface area contributed by atoms with E-state index in [1.54, 1.807) is 12.3 Å². The number of pyridine rings is 1. The van der Waals surface area contributed by atoms with E-state index in [1.165, 1.54) is 18.2 Å². The number of hydrogen-bond donors (Lipinski definition) is 2. The third kappa shape index (κ3) is 3.41. The molecule has 19 heavy (non-hydrogen) atoms. The van der Waals surface area contributed by atoms with Crippen molar-refractivity contribution in [2.75, 3.05) is 6.54 Å². The molecule has 6 heteroatoms. The van der Waals surface area contributed by atoms with Crippen LogP contribution in [0.2, 0.25) is 0 Å². The van der Waals surface area contributed by atoms with Gasteiger partial charge in [-0.05, 0) is 24.3 Å². The van der Waals surface area contributed by atoms with Crippen molar-refractivity contribution in [2.45, 2.75) is 6.42 Å². The number of hydrogen-bond acceptors (Lipinski definition) is 4. The minimum atomic E-state index is -1.16. The van der Waals surface area contributed by atoms with Crippen molar-refractivity contribution < 1.29 is 19.1 Å². The molecule has 2 aromatic rings. The van der Waals surface area contributed by atoms with Gasteiger partial charge < -0.3 is 14.8 Å². The fourth-order valence-electron chi connectivity index (χ4n) is 1.52. The molecule has 0 unspecified atom stereocenters. The van der Waals surface area contributed by atoms with E-state index in [0.29, 0.717) is 13.0 Å². The molecule has 2 N–H and O–H groups in total. The number of carbonyl (C=O) groups excluding carboxylic acids is 1. The highest BCUT2D eigenvalue weighted by atomic mass is 16.4. The van der Waals surface area contributed by atoms with E-state index in [1.807, 2.05) is 6.07 Å². The van der Waals surface area contributed by atoms with Gasteiger partial charge in [0.15, 0.2) is 0 Å². The van der Waals surface area contributed by atoms with Crippen LogP contribution in [0.3, 0.4) is 0 Å². The minimum Gasteiger partial charge on any atom is -0.477 e. The second-order valence-corrected chi connectivity index (χ2v) is 3.80. The van der Waals surface area contributed by atoms with Crippen molar-refractivity contribution in [2.24, 2.45) is 0 Å². The number of rotatable bonds is 5. The molecule has 98 valence electrons. The Morgan fingerprint density at radius 2 is 2.00 bits per heavy atom. The van der Waals surface area contributed by atoms with Crippen LogP contribution in [0, 0.1) is 0 Å². The van der Waals surface area contributed by atoms with Crippen LogP contribution in [0.15, 0.2) is 41.0 Å². The van der Waals surface area contributed by atoms with Crippen LogP contribution in [0.1, 0.15) is 26.7 Å². The second-order valence-electron chi connectivity index (χ2n) is 3.80. The van der Waals surface area contributed by atoms with Crippen LogP contribution in [-0.2, 0) is 6.42 Å². The number of amides is 1. The lowest BCUT2D eigenvalue weighted by Gasteiger charge is -2.04. The zero-order chi connectivity index (χ0) is 13.7. The van der Waals surface area contributed by atoms with Crippen molar-refractivity contribution in [3.63, 3.8) is 0 Å². The maximum atomic E-state index is 11.8. The average molecular weight is 260 g/mol. The summed E-state index contributed by atoms with van der Waals surface area (Å²) in [7, 11) is 0. The molecule has 0 spiro atoms. The number of furan rings is 1. The second kappa shape index (κ2) is 5.81. The van der Waals surface area contributed by atoms with Gasteiger partial charge >= 0.3 is 5.97 Å². The Morgan fingerprint density at radius 3 is 2.68 bits per heavy atom. The van der Waals surface area contributed by atoms with E-state index in [-0.39, 0.29) is 11.4 Å². The third-order valence-corrected chi connectivity index (χ3v) is 2.44. The van der Waals surface area contributed by atoms with Gasteiger partial charge in [-0.1, -0.05) is 6.07 Å². The molecule has 0 fully saturated rings. The SMILES string of the molecule is O=C(O)c1cccc(C(=O)NCCc2ccco2)n1. The lowest BCUT2D eigenvalue weighted by molar-refractivity contribution is 0.0690. The fourth-order valence-corrected chi connectivity index (χ4v) is 1.52. The Labute approximate surface area is 109 Å². The number of aromatic nitrogens is 1. The maximum absolute atomic E-state index is 11.8. The molecule has 0 aliphatic heterocycles. The highest BCUT2D eigenvalue weighted by Crippen LogP contribution is 2.01. The highest BCUT2D eigenvalue weighted by Gasteiger charge is 2.10. The fraction of sp³-hybridized carbons (Fsp3) is 0.154. The number of carboxylic acids is 1. The van der Waals surface area contributed by atoms with Gasteiger partial charge in [-0.15, -0.1) is 0 Å². The summed E-state index contributed by atoms with van der Waals surface area (Å²) in [6.07, 6.45) is 2.13. The quantitative estimate of drug-likeness (QED) is 0.846. The van der Waals surface area contributed by atoms with Crippen LogP contribution in [0.5, 0.6) is 0 Å². The molecule has 1 amide bonds. The van der Waals surface area contributed by atoms with E-state index in [2.05, 4.69) is 10.3 Å². The number of nitrogens with zero attached hydrogens (tertiary/aromatic N) is 1. The van der Waals surface area contributed by atoms with Gasteiger partial charge in [0.25, 0.3) is 5.91 Å². The zero-order valence-electron chi connectivity index (χ0n) is 10.00. The minimum absolute atomic E-state index is 0.0827. The molecule has 0 aliphatic rings. The molecular weight excluding hydrogens is 248 g/mol. The molecule has 6 nitrogen and oxygen atoms in total. The van der Waals surface area contributed by atoms with Gasteiger partial charge in [0.1, 0.15) is 17.1 Å². The largest absolute Gasteiger partial charge is 0.477 e. The molecule has 0 saturated carbocycles. The summed E-state index contributed by atoms with van der Waals surface area (Å²) in [5.74, 6) is -0.799. The summed E-state index contributed by atoms with van der Waals surface area (Å²) in [4.78, 5) is 26.2. The lowest BCUT2D eigenvalue weighted by Crippen LogP contribution is -2.26. The van der Waals surface area contributed by atoms with Gasteiger partial charge in [0.2, 0.25) is 0 Å². The molecule has 0 atom stereocenters. The molecule has 0 bridgehead atoms. The molecular formula is C13H12N2O4. The van der Waals surface area contributed by atoms with Crippen LogP contribution in [0.4, 0.5) is 0 Å². The van der Waals surface area contributed by atoms with Crippen molar-refractivity contribution >= 4 is 11.9 Å². The van der Waals surface area contributed by atoms with Gasteiger partial charge in [-0.2, -0.15) is 0 Å². The van der Waals surface area contributed by atoms with Crippen molar-refractivity contribution in [3.05, 3.63) is 53.7 Å². The predicted octanol–water partition coefficient (Wildman–Crippen LogP) is 1.35. The summed E-state index contributed by atoms with van der Waals surface area (Å²) >= 11 is 0. The van der Waals surface area contributed by atoms with Crippen molar-refractivity contribution in [1.82, 2.24) is 10.3 Å². The molecule has 0 saturated heterocycles. The van der Waals surface area contributed by atoms with E-state index >= 15 is 0 Å². The Bertz CT molecular complexity index is 578. The van der Waals surface area contributed by atoms with Gasteiger partial charge in [-0.25, -0.2) is 9.78 Å². The summed E-state index contributed by atoms with van der Waals surface area (Å²) in [5, 5.41) is 11.4. The number of nitrogens with one attached hydrogen (secondary N) is 1. The molecule has 2 rings (SSSR count). The number of carboxylic acid groups (broad SMARTS) is 1. The summed E-state index contributed by atoms with van der Waals surface area (Å²) in [6, 6.07) is 7.87. The Kier molecular flexibility index (Phi) is 3.92. The molecule has 2 heterocycles. The predicted molar refractivity (Wildman–Crippen MR) is 65.9 cm³/mol. The lowest BCUT2D eigenvalue weighted by atomic mass is 10.2. The van der Waals surface area contributed by atoms with Crippen LogP contribution < -0.4 is 5.32 Å². The molecule has 0 aliphatic carbocycles. The molecule has 0 aromatic carbocycles. The molecule has 0 radical (unpaired) electrons.